The van der Waals surface area contributed by atoms with Crippen molar-refractivity contribution in [2.75, 3.05) is 6.61 Å². The van der Waals surface area contributed by atoms with E-state index in [4.69, 9.17) is 4.74 Å². The molecule has 0 aliphatic rings. The predicted octanol–water partition coefficient (Wildman–Crippen LogP) is 3.00. The van der Waals surface area contributed by atoms with E-state index in [1.165, 1.54) is 24.7 Å². The Labute approximate surface area is 132 Å². The lowest BCUT2D eigenvalue weighted by Crippen LogP contribution is -2.26. The van der Waals surface area contributed by atoms with E-state index in [0.717, 1.165) is 12.5 Å². The molecule has 23 heavy (non-hydrogen) atoms. The van der Waals surface area contributed by atoms with Gasteiger partial charge in [-0.05, 0) is 24.6 Å². The molecule has 0 bridgehead atoms. The van der Waals surface area contributed by atoms with Crippen molar-refractivity contribution < 1.29 is 18.3 Å². The molecular formula is C16H17F2N3O2. The van der Waals surface area contributed by atoms with E-state index in [0.29, 0.717) is 5.56 Å². The molecule has 1 N–H and O–H groups in total. The van der Waals surface area contributed by atoms with Gasteiger partial charge in [0, 0.05) is 37.1 Å². The summed E-state index contributed by atoms with van der Waals surface area (Å²) in [6.45, 7) is 1.85. The van der Waals surface area contributed by atoms with Crippen LogP contribution in [0.3, 0.4) is 0 Å². The number of nitrogens with zero attached hydrogens (tertiary/aromatic N) is 2. The summed E-state index contributed by atoms with van der Waals surface area (Å²) < 4.78 is 30.3. The van der Waals surface area contributed by atoms with E-state index in [-0.39, 0.29) is 17.8 Å². The normalized spacial score (nSPS) is 12.5. The lowest BCUT2D eigenvalue weighted by Gasteiger charge is -2.15. The van der Waals surface area contributed by atoms with Crippen molar-refractivity contribution in [3.8, 4) is 5.88 Å². The molecule has 0 spiro atoms. The number of pyridine rings is 2. The quantitative estimate of drug-likeness (QED) is 0.888. The summed E-state index contributed by atoms with van der Waals surface area (Å²) in [5.74, 6) is -3.03. The maximum absolute atomic E-state index is 12.7. The summed E-state index contributed by atoms with van der Waals surface area (Å²) in [7, 11) is 0. The SMILES string of the molecule is CC(NC(=O)c1ccncc1)c1ccc(OCC(C)(F)F)nc1. The molecular weight excluding hydrogens is 304 g/mol. The van der Waals surface area contributed by atoms with Gasteiger partial charge in [0.15, 0.2) is 6.61 Å². The summed E-state index contributed by atoms with van der Waals surface area (Å²) in [6, 6.07) is 6.11. The van der Waals surface area contributed by atoms with Crippen molar-refractivity contribution in [1.82, 2.24) is 15.3 Å². The van der Waals surface area contributed by atoms with Crippen molar-refractivity contribution in [3.05, 3.63) is 54.0 Å². The fraction of sp³-hybridized carbons (Fsp3) is 0.312. The summed E-state index contributed by atoms with van der Waals surface area (Å²) in [6.07, 6.45) is 4.56. The van der Waals surface area contributed by atoms with Crippen LogP contribution in [-0.2, 0) is 0 Å². The number of rotatable bonds is 6. The molecule has 0 aromatic carbocycles. The number of carbonyl (C=O) groups excluding carboxylic acids is 1. The molecule has 5 nitrogen and oxygen atoms in total. The highest BCUT2D eigenvalue weighted by Gasteiger charge is 2.22. The lowest BCUT2D eigenvalue weighted by atomic mass is 10.1. The standard InChI is InChI=1S/C16H17F2N3O2/c1-11(21-15(22)12-5-7-19-8-6-12)13-3-4-14(20-9-13)23-10-16(2,17)18/h3-9,11H,10H2,1-2H3,(H,21,22). The number of halogens is 2. The number of carbonyl (C=O) groups is 1. The lowest BCUT2D eigenvalue weighted by molar-refractivity contribution is -0.0242. The summed E-state index contributed by atoms with van der Waals surface area (Å²) in [5, 5.41) is 2.82. The number of alkyl halides is 2. The first-order valence-corrected chi connectivity index (χ1v) is 7.02. The number of aromatic nitrogens is 2. The first-order chi connectivity index (χ1) is 10.8. The zero-order valence-electron chi connectivity index (χ0n) is 12.8. The molecule has 2 rings (SSSR count). The second kappa shape index (κ2) is 7.13. The fourth-order valence-corrected chi connectivity index (χ4v) is 1.80. The molecule has 1 unspecified atom stereocenters. The number of nitrogens with one attached hydrogen (secondary N) is 1. The Hall–Kier alpha value is -2.57. The van der Waals surface area contributed by atoms with E-state index in [9.17, 15) is 13.6 Å². The number of amides is 1. The van der Waals surface area contributed by atoms with Gasteiger partial charge in [-0.25, -0.2) is 13.8 Å². The second-order valence-electron chi connectivity index (χ2n) is 5.22. The molecule has 2 heterocycles. The molecule has 2 aromatic heterocycles. The minimum Gasteiger partial charge on any atom is -0.471 e. The minimum atomic E-state index is -2.91. The van der Waals surface area contributed by atoms with Crippen LogP contribution in [0.5, 0.6) is 5.88 Å². The average molecular weight is 321 g/mol. The first-order valence-electron chi connectivity index (χ1n) is 7.02. The van der Waals surface area contributed by atoms with E-state index in [2.05, 4.69) is 15.3 Å². The molecule has 2 aromatic rings. The molecule has 0 saturated carbocycles. The fourth-order valence-electron chi connectivity index (χ4n) is 1.80. The Bertz CT molecular complexity index is 643. The van der Waals surface area contributed by atoms with E-state index < -0.39 is 12.5 Å². The van der Waals surface area contributed by atoms with E-state index in [1.807, 2.05) is 0 Å². The zero-order valence-corrected chi connectivity index (χ0v) is 12.8. The van der Waals surface area contributed by atoms with Crippen LogP contribution in [-0.4, -0.2) is 28.4 Å². The van der Waals surface area contributed by atoms with Crippen LogP contribution in [0.1, 0.15) is 35.8 Å². The van der Waals surface area contributed by atoms with Gasteiger partial charge < -0.3 is 10.1 Å². The van der Waals surface area contributed by atoms with E-state index >= 15 is 0 Å². The molecule has 7 heteroatoms. The van der Waals surface area contributed by atoms with Crippen LogP contribution >= 0.6 is 0 Å². The summed E-state index contributed by atoms with van der Waals surface area (Å²) in [5.41, 5.74) is 1.24. The molecule has 1 atom stereocenters. The monoisotopic (exact) mass is 321 g/mol. The Morgan fingerprint density at radius 1 is 1.30 bits per heavy atom. The van der Waals surface area contributed by atoms with Crippen LogP contribution in [0.25, 0.3) is 0 Å². The summed E-state index contributed by atoms with van der Waals surface area (Å²) in [4.78, 5) is 19.9. The van der Waals surface area contributed by atoms with Gasteiger partial charge in [0.25, 0.3) is 11.8 Å². The van der Waals surface area contributed by atoms with Gasteiger partial charge in [-0.15, -0.1) is 0 Å². The summed E-state index contributed by atoms with van der Waals surface area (Å²) >= 11 is 0. The van der Waals surface area contributed by atoms with Gasteiger partial charge in [0.1, 0.15) is 0 Å². The first kappa shape index (κ1) is 16.8. The van der Waals surface area contributed by atoms with Crippen molar-refractivity contribution in [2.45, 2.75) is 25.8 Å². The van der Waals surface area contributed by atoms with Crippen molar-refractivity contribution in [2.24, 2.45) is 0 Å². The molecule has 1 amide bonds. The number of ether oxygens (including phenoxy) is 1. The Kier molecular flexibility index (Phi) is 5.20. The molecule has 0 aliphatic carbocycles. The third kappa shape index (κ3) is 5.28. The maximum atomic E-state index is 12.7. The average Bonchev–Trinajstić information content (AvgIpc) is 2.53. The van der Waals surface area contributed by atoms with Crippen LogP contribution in [0.4, 0.5) is 8.78 Å². The second-order valence-corrected chi connectivity index (χ2v) is 5.22. The van der Waals surface area contributed by atoms with Gasteiger partial charge in [0.05, 0.1) is 6.04 Å². The van der Waals surface area contributed by atoms with Gasteiger partial charge in [-0.3, -0.25) is 9.78 Å². The van der Waals surface area contributed by atoms with Gasteiger partial charge >= 0.3 is 0 Å². The Balaban J connectivity index is 1.95. The van der Waals surface area contributed by atoms with Crippen molar-refractivity contribution in [3.63, 3.8) is 0 Å². The molecule has 0 radical (unpaired) electrons. The van der Waals surface area contributed by atoms with Crippen molar-refractivity contribution in [1.29, 1.82) is 0 Å². The smallest absolute Gasteiger partial charge is 0.278 e. The minimum absolute atomic E-state index is 0.114. The highest BCUT2D eigenvalue weighted by molar-refractivity contribution is 5.94. The van der Waals surface area contributed by atoms with Crippen LogP contribution in [0.2, 0.25) is 0 Å². The highest BCUT2D eigenvalue weighted by Crippen LogP contribution is 2.18. The molecule has 122 valence electrons. The van der Waals surface area contributed by atoms with Crippen molar-refractivity contribution >= 4 is 5.91 Å². The van der Waals surface area contributed by atoms with Gasteiger partial charge in [-0.1, -0.05) is 6.07 Å². The van der Waals surface area contributed by atoms with Crippen LogP contribution in [0, 0.1) is 0 Å². The largest absolute Gasteiger partial charge is 0.471 e. The third-order valence-electron chi connectivity index (χ3n) is 3.02. The predicted molar refractivity (Wildman–Crippen MR) is 80.5 cm³/mol. The molecule has 0 saturated heterocycles. The Morgan fingerprint density at radius 3 is 2.57 bits per heavy atom. The number of hydrogen-bond acceptors (Lipinski definition) is 4. The maximum Gasteiger partial charge on any atom is 0.278 e. The highest BCUT2D eigenvalue weighted by atomic mass is 19.3. The van der Waals surface area contributed by atoms with E-state index in [1.54, 1.807) is 25.1 Å². The molecule has 0 fully saturated rings. The van der Waals surface area contributed by atoms with Crippen LogP contribution in [0.15, 0.2) is 42.9 Å². The topological polar surface area (TPSA) is 64.1 Å². The van der Waals surface area contributed by atoms with Gasteiger partial charge in [0.2, 0.25) is 5.88 Å². The van der Waals surface area contributed by atoms with Gasteiger partial charge in [-0.2, -0.15) is 0 Å². The zero-order chi connectivity index (χ0) is 16.9. The molecule has 0 aliphatic heterocycles. The Morgan fingerprint density at radius 2 is 2.00 bits per heavy atom. The van der Waals surface area contributed by atoms with Crippen LogP contribution < -0.4 is 10.1 Å². The number of hydrogen-bond donors (Lipinski definition) is 1. The third-order valence-corrected chi connectivity index (χ3v) is 3.02.